The zero-order chi connectivity index (χ0) is 14.8. The van der Waals surface area contributed by atoms with Crippen molar-refractivity contribution in [2.45, 2.75) is 65.6 Å². The standard InChI is InChI=1S/C14H25NO4/c1-7-18-12(16)10(3)15(11-8-9(11)2)13(17)19-14(4,5)6/h9-11H,7-8H2,1-6H3/t9-,10+,11+/m1/s1. The highest BCUT2D eigenvalue weighted by atomic mass is 16.6. The molecule has 1 aliphatic rings. The van der Waals surface area contributed by atoms with Crippen molar-refractivity contribution in [3.63, 3.8) is 0 Å². The second-order valence-corrected chi connectivity index (χ2v) is 6.10. The molecule has 0 aliphatic heterocycles. The predicted molar refractivity (Wildman–Crippen MR) is 71.7 cm³/mol. The van der Waals surface area contributed by atoms with Gasteiger partial charge in [0.15, 0.2) is 0 Å². The van der Waals surface area contributed by atoms with Gasteiger partial charge in [0.05, 0.1) is 6.61 Å². The van der Waals surface area contributed by atoms with Crippen LogP contribution >= 0.6 is 0 Å². The second kappa shape index (κ2) is 5.80. The third-order valence-corrected chi connectivity index (χ3v) is 3.07. The number of amides is 1. The van der Waals surface area contributed by atoms with Crippen LogP contribution in [0.5, 0.6) is 0 Å². The predicted octanol–water partition coefficient (Wildman–Crippen LogP) is 2.58. The summed E-state index contributed by atoms with van der Waals surface area (Å²) in [5, 5.41) is 0. The Morgan fingerprint density at radius 2 is 1.89 bits per heavy atom. The van der Waals surface area contributed by atoms with Crippen LogP contribution in [-0.4, -0.2) is 41.3 Å². The number of hydrogen-bond donors (Lipinski definition) is 0. The molecule has 0 heterocycles. The Hall–Kier alpha value is -1.26. The van der Waals surface area contributed by atoms with E-state index in [1.807, 2.05) is 20.8 Å². The highest BCUT2D eigenvalue weighted by Crippen LogP contribution is 2.37. The van der Waals surface area contributed by atoms with Gasteiger partial charge in [-0.15, -0.1) is 0 Å². The Balaban J connectivity index is 2.78. The molecular formula is C14H25NO4. The molecule has 1 aliphatic carbocycles. The molecule has 0 aromatic heterocycles. The molecular weight excluding hydrogens is 246 g/mol. The first-order chi connectivity index (χ1) is 8.67. The maximum atomic E-state index is 12.2. The Morgan fingerprint density at radius 1 is 1.37 bits per heavy atom. The van der Waals surface area contributed by atoms with E-state index in [4.69, 9.17) is 9.47 Å². The van der Waals surface area contributed by atoms with Crippen LogP contribution in [0.25, 0.3) is 0 Å². The zero-order valence-electron chi connectivity index (χ0n) is 12.7. The summed E-state index contributed by atoms with van der Waals surface area (Å²) in [6.45, 7) is 11.2. The molecule has 1 rings (SSSR count). The van der Waals surface area contributed by atoms with Gasteiger partial charge in [0.2, 0.25) is 0 Å². The third-order valence-electron chi connectivity index (χ3n) is 3.07. The first kappa shape index (κ1) is 15.8. The molecule has 5 nitrogen and oxygen atoms in total. The van der Waals surface area contributed by atoms with E-state index in [-0.39, 0.29) is 12.0 Å². The van der Waals surface area contributed by atoms with E-state index in [9.17, 15) is 9.59 Å². The normalized spacial score (nSPS) is 23.5. The lowest BCUT2D eigenvalue weighted by molar-refractivity contribution is -0.149. The van der Waals surface area contributed by atoms with E-state index in [0.29, 0.717) is 12.5 Å². The molecule has 0 bridgehead atoms. The van der Waals surface area contributed by atoms with Crippen LogP contribution in [0.15, 0.2) is 0 Å². The van der Waals surface area contributed by atoms with E-state index in [1.165, 1.54) is 4.90 Å². The second-order valence-electron chi connectivity index (χ2n) is 6.10. The molecule has 0 radical (unpaired) electrons. The van der Waals surface area contributed by atoms with Crippen molar-refractivity contribution in [2.75, 3.05) is 6.61 Å². The summed E-state index contributed by atoms with van der Waals surface area (Å²) in [6, 6.07) is -0.529. The fraction of sp³-hybridized carbons (Fsp3) is 0.857. The molecule has 0 N–H and O–H groups in total. The van der Waals surface area contributed by atoms with Crippen molar-refractivity contribution < 1.29 is 19.1 Å². The van der Waals surface area contributed by atoms with E-state index >= 15 is 0 Å². The van der Waals surface area contributed by atoms with Crippen LogP contribution < -0.4 is 0 Å². The fourth-order valence-corrected chi connectivity index (χ4v) is 1.96. The third kappa shape index (κ3) is 4.40. The largest absolute Gasteiger partial charge is 0.464 e. The molecule has 0 aromatic rings. The maximum absolute atomic E-state index is 12.2. The molecule has 3 atom stereocenters. The monoisotopic (exact) mass is 271 g/mol. The first-order valence-corrected chi connectivity index (χ1v) is 6.85. The SMILES string of the molecule is CCOC(=O)[C@H](C)N(C(=O)OC(C)(C)C)[C@H]1C[C@H]1C. The highest BCUT2D eigenvalue weighted by molar-refractivity contribution is 5.81. The Morgan fingerprint density at radius 3 is 2.26 bits per heavy atom. The van der Waals surface area contributed by atoms with Gasteiger partial charge in [-0.05, 0) is 47.0 Å². The summed E-state index contributed by atoms with van der Waals surface area (Å²) in [5.74, 6) is 0.0249. The Bertz CT molecular complexity index is 348. The van der Waals surface area contributed by atoms with Crippen molar-refractivity contribution in [1.29, 1.82) is 0 Å². The summed E-state index contributed by atoms with van der Waals surface area (Å²) in [6.07, 6.45) is 0.464. The van der Waals surface area contributed by atoms with Crippen molar-refractivity contribution in [3.05, 3.63) is 0 Å². The van der Waals surface area contributed by atoms with Crippen LogP contribution in [0.1, 0.15) is 48.0 Å². The lowest BCUT2D eigenvalue weighted by Gasteiger charge is -2.31. The lowest BCUT2D eigenvalue weighted by atomic mass is 10.2. The number of esters is 1. The summed E-state index contributed by atoms with van der Waals surface area (Å²) >= 11 is 0. The molecule has 1 fully saturated rings. The molecule has 5 heteroatoms. The number of hydrogen-bond acceptors (Lipinski definition) is 4. The quantitative estimate of drug-likeness (QED) is 0.737. The van der Waals surface area contributed by atoms with Crippen molar-refractivity contribution >= 4 is 12.1 Å². The molecule has 0 aromatic carbocycles. The number of carbonyl (C=O) groups excluding carboxylic acids is 2. The highest BCUT2D eigenvalue weighted by Gasteiger charge is 2.46. The minimum Gasteiger partial charge on any atom is -0.464 e. The van der Waals surface area contributed by atoms with Gasteiger partial charge < -0.3 is 9.47 Å². The smallest absolute Gasteiger partial charge is 0.411 e. The summed E-state index contributed by atoms with van der Waals surface area (Å²) in [7, 11) is 0. The van der Waals surface area contributed by atoms with Gasteiger partial charge in [-0.25, -0.2) is 9.59 Å². The number of carbonyl (C=O) groups is 2. The molecule has 1 amide bonds. The average molecular weight is 271 g/mol. The van der Waals surface area contributed by atoms with Gasteiger partial charge in [0.25, 0.3) is 0 Å². The van der Waals surface area contributed by atoms with Crippen LogP contribution in [0.2, 0.25) is 0 Å². The van der Waals surface area contributed by atoms with Crippen LogP contribution in [0, 0.1) is 5.92 Å². The van der Waals surface area contributed by atoms with E-state index in [1.54, 1.807) is 13.8 Å². The minimum absolute atomic E-state index is 0.0780. The fourth-order valence-electron chi connectivity index (χ4n) is 1.96. The number of ether oxygens (including phenoxy) is 2. The number of rotatable bonds is 4. The molecule has 0 unspecified atom stereocenters. The van der Waals surface area contributed by atoms with E-state index < -0.39 is 17.7 Å². The molecule has 0 saturated heterocycles. The zero-order valence-corrected chi connectivity index (χ0v) is 12.7. The van der Waals surface area contributed by atoms with E-state index in [0.717, 1.165) is 6.42 Å². The van der Waals surface area contributed by atoms with Crippen LogP contribution in [-0.2, 0) is 14.3 Å². The first-order valence-electron chi connectivity index (χ1n) is 6.85. The minimum atomic E-state index is -0.607. The van der Waals surface area contributed by atoms with Gasteiger partial charge in [-0.1, -0.05) is 6.92 Å². The maximum Gasteiger partial charge on any atom is 0.411 e. The van der Waals surface area contributed by atoms with Gasteiger partial charge in [0.1, 0.15) is 11.6 Å². The molecule has 110 valence electrons. The Kier molecular flexibility index (Phi) is 4.82. The Labute approximate surface area is 115 Å². The molecule has 0 spiro atoms. The van der Waals surface area contributed by atoms with Gasteiger partial charge in [-0.3, -0.25) is 4.90 Å². The van der Waals surface area contributed by atoms with Crippen LogP contribution in [0.4, 0.5) is 4.79 Å². The van der Waals surface area contributed by atoms with Crippen molar-refractivity contribution in [3.8, 4) is 0 Å². The summed E-state index contributed by atoms with van der Waals surface area (Å²) < 4.78 is 10.4. The average Bonchev–Trinajstić information content (AvgIpc) is 2.93. The van der Waals surface area contributed by atoms with Crippen LogP contribution in [0.3, 0.4) is 0 Å². The summed E-state index contributed by atoms with van der Waals surface area (Å²) in [5.41, 5.74) is -0.568. The van der Waals surface area contributed by atoms with Crippen molar-refractivity contribution in [1.82, 2.24) is 4.90 Å². The van der Waals surface area contributed by atoms with Gasteiger partial charge in [-0.2, -0.15) is 0 Å². The lowest BCUT2D eigenvalue weighted by Crippen LogP contribution is -2.48. The van der Waals surface area contributed by atoms with Gasteiger partial charge in [0, 0.05) is 6.04 Å². The van der Waals surface area contributed by atoms with Gasteiger partial charge >= 0.3 is 12.1 Å². The molecule has 19 heavy (non-hydrogen) atoms. The summed E-state index contributed by atoms with van der Waals surface area (Å²) in [4.78, 5) is 25.6. The topological polar surface area (TPSA) is 55.8 Å². The molecule has 1 saturated carbocycles. The number of nitrogens with zero attached hydrogens (tertiary/aromatic N) is 1. The van der Waals surface area contributed by atoms with Crippen molar-refractivity contribution in [2.24, 2.45) is 5.92 Å². The van der Waals surface area contributed by atoms with E-state index in [2.05, 4.69) is 6.92 Å².